The Balaban J connectivity index is 1.04. The van der Waals surface area contributed by atoms with Crippen LogP contribution in [0.15, 0.2) is 48.5 Å². The molecule has 6 aliphatic rings. The third-order valence-corrected chi connectivity index (χ3v) is 9.20. The average Bonchev–Trinajstić information content (AvgIpc) is 3.15. The molecule has 2 aromatic rings. The van der Waals surface area contributed by atoms with Crippen molar-refractivity contribution in [2.24, 2.45) is 5.92 Å². The van der Waals surface area contributed by atoms with Gasteiger partial charge in [0, 0.05) is 43.1 Å². The first-order chi connectivity index (χ1) is 17.5. The van der Waals surface area contributed by atoms with Crippen molar-refractivity contribution in [2.45, 2.75) is 68.7 Å². The number of hydrogen-bond donors (Lipinski definition) is 1. The molecule has 0 aromatic heterocycles. The van der Waals surface area contributed by atoms with Gasteiger partial charge in [-0.1, -0.05) is 36.8 Å². The number of fused-ring (bicyclic) bond motifs is 3. The van der Waals surface area contributed by atoms with Gasteiger partial charge in [0.1, 0.15) is 17.4 Å². The number of rotatable bonds is 5. The zero-order valence-corrected chi connectivity index (χ0v) is 20.3. The van der Waals surface area contributed by atoms with E-state index in [2.05, 4.69) is 40.5 Å². The Morgan fingerprint density at radius 3 is 2.47 bits per heavy atom. The van der Waals surface area contributed by atoms with Crippen LogP contribution < -0.4 is 10.1 Å². The van der Waals surface area contributed by atoms with Gasteiger partial charge in [0.2, 0.25) is 5.91 Å². The zero-order chi connectivity index (χ0) is 24.4. The van der Waals surface area contributed by atoms with Crippen molar-refractivity contribution in [3.8, 4) is 5.75 Å². The minimum atomic E-state index is -0.878. The molecule has 2 aliphatic carbocycles. The Morgan fingerprint density at radius 2 is 1.69 bits per heavy atom. The summed E-state index contributed by atoms with van der Waals surface area (Å²) in [7, 11) is 0. The number of amides is 3. The topological polar surface area (TPSA) is 79.0 Å². The second kappa shape index (κ2) is 8.17. The number of benzene rings is 2. The van der Waals surface area contributed by atoms with Crippen molar-refractivity contribution in [3.63, 3.8) is 0 Å². The van der Waals surface area contributed by atoms with E-state index in [0.717, 1.165) is 37.2 Å². The largest absolute Gasteiger partial charge is 0.489 e. The minimum absolute atomic E-state index is 0.123. The summed E-state index contributed by atoms with van der Waals surface area (Å²) >= 11 is 0. The van der Waals surface area contributed by atoms with Gasteiger partial charge in [0.05, 0.1) is 0 Å². The van der Waals surface area contributed by atoms with Gasteiger partial charge in [-0.15, -0.1) is 0 Å². The van der Waals surface area contributed by atoms with Gasteiger partial charge in [-0.3, -0.25) is 24.6 Å². The number of likely N-dealkylation sites (tertiary alicyclic amines) is 1. The fraction of sp³-hybridized carbons (Fsp3) is 0.483. The summed E-state index contributed by atoms with van der Waals surface area (Å²) in [6.07, 6.45) is 5.61. The highest BCUT2D eigenvalue weighted by molar-refractivity contribution is 6.10. The quantitative estimate of drug-likeness (QED) is 0.658. The smallest absolute Gasteiger partial charge is 0.255 e. The highest BCUT2D eigenvalue weighted by Crippen LogP contribution is 2.49. The highest BCUT2D eigenvalue weighted by atomic mass is 16.5. The first-order valence-corrected chi connectivity index (χ1v) is 13.3. The molecule has 2 atom stereocenters. The Kier molecular flexibility index (Phi) is 5.00. The monoisotopic (exact) mass is 485 g/mol. The lowest BCUT2D eigenvalue weighted by molar-refractivity contribution is -0.160. The summed E-state index contributed by atoms with van der Waals surface area (Å²) in [5.74, 6) is 0.574. The number of nitrogens with one attached hydrogen (secondary N) is 1. The Bertz CT molecular complexity index is 1230. The Morgan fingerprint density at radius 1 is 0.917 bits per heavy atom. The molecule has 3 amide bonds. The maximum atomic E-state index is 13.2. The van der Waals surface area contributed by atoms with Crippen LogP contribution in [0.5, 0.6) is 5.75 Å². The van der Waals surface area contributed by atoms with Gasteiger partial charge in [0.25, 0.3) is 11.8 Å². The van der Waals surface area contributed by atoms with Gasteiger partial charge < -0.3 is 9.64 Å². The summed E-state index contributed by atoms with van der Waals surface area (Å²) < 4.78 is 6.58. The van der Waals surface area contributed by atoms with E-state index in [0.29, 0.717) is 36.9 Å². The summed E-state index contributed by atoms with van der Waals surface area (Å²) in [6, 6.07) is 16.9. The Labute approximate surface area is 210 Å². The van der Waals surface area contributed by atoms with Crippen LogP contribution in [0.25, 0.3) is 0 Å². The summed E-state index contributed by atoms with van der Waals surface area (Å²) in [4.78, 5) is 42.0. The average molecular weight is 486 g/mol. The van der Waals surface area contributed by atoms with Crippen LogP contribution in [0.4, 0.5) is 0 Å². The molecule has 7 heteroatoms. The lowest BCUT2D eigenvalue weighted by atomic mass is 9.63. The van der Waals surface area contributed by atoms with Crippen LogP contribution in [-0.2, 0) is 16.1 Å². The van der Waals surface area contributed by atoms with Gasteiger partial charge in [-0.2, -0.15) is 0 Å². The highest BCUT2D eigenvalue weighted by Gasteiger charge is 2.63. The van der Waals surface area contributed by atoms with Crippen molar-refractivity contribution in [3.05, 3.63) is 65.2 Å². The SMILES string of the molecule is O=C1NC(=O)C2(N3Cc4cc(O[C@@H]5CCCC[C@@H]5N5CC(c6ccccc6)C5)ccc4C3=O)CC1C2. The number of carbonyl (C=O) groups excluding carboxylic acids is 3. The van der Waals surface area contributed by atoms with E-state index in [1.54, 1.807) is 4.90 Å². The van der Waals surface area contributed by atoms with E-state index in [-0.39, 0.29) is 29.7 Å². The maximum Gasteiger partial charge on any atom is 0.255 e. The van der Waals surface area contributed by atoms with Gasteiger partial charge in [-0.25, -0.2) is 0 Å². The third kappa shape index (κ3) is 3.32. The summed E-state index contributed by atoms with van der Waals surface area (Å²) in [6.45, 7) is 2.55. The maximum absolute atomic E-state index is 13.2. The van der Waals surface area contributed by atoms with Crippen LogP contribution in [-0.4, -0.2) is 58.3 Å². The predicted molar refractivity (Wildman–Crippen MR) is 132 cm³/mol. The molecule has 4 heterocycles. The van der Waals surface area contributed by atoms with Crippen LogP contribution in [0, 0.1) is 5.92 Å². The number of imide groups is 1. The molecule has 4 aliphatic heterocycles. The molecular formula is C29H31N3O4. The fourth-order valence-electron chi connectivity index (χ4n) is 7.04. The first-order valence-electron chi connectivity index (χ1n) is 13.3. The number of hydrogen-bond acceptors (Lipinski definition) is 5. The van der Waals surface area contributed by atoms with E-state index in [1.807, 2.05) is 18.2 Å². The molecule has 1 N–H and O–H groups in total. The van der Waals surface area contributed by atoms with E-state index in [1.165, 1.54) is 18.4 Å². The molecule has 36 heavy (non-hydrogen) atoms. The van der Waals surface area contributed by atoms with Crippen LogP contribution in [0.2, 0.25) is 0 Å². The normalized spacial score (nSPS) is 31.9. The second-order valence-corrected chi connectivity index (χ2v) is 11.2. The second-order valence-electron chi connectivity index (χ2n) is 11.2. The fourth-order valence-corrected chi connectivity index (χ4v) is 7.04. The van der Waals surface area contributed by atoms with Crippen molar-refractivity contribution in [1.82, 2.24) is 15.1 Å². The molecule has 2 aromatic carbocycles. The molecule has 5 fully saturated rings. The van der Waals surface area contributed by atoms with Gasteiger partial charge >= 0.3 is 0 Å². The number of piperidine rings is 2. The molecule has 0 spiro atoms. The zero-order valence-electron chi connectivity index (χ0n) is 20.3. The number of ether oxygens (including phenoxy) is 1. The number of nitrogens with zero attached hydrogens (tertiary/aromatic N) is 2. The van der Waals surface area contributed by atoms with Crippen LogP contribution in [0.1, 0.15) is 65.9 Å². The summed E-state index contributed by atoms with van der Waals surface area (Å²) in [5.41, 5.74) is 2.08. The van der Waals surface area contributed by atoms with Gasteiger partial charge in [-0.05, 0) is 61.4 Å². The molecular weight excluding hydrogens is 454 g/mol. The van der Waals surface area contributed by atoms with E-state index < -0.39 is 5.54 Å². The standard InChI is InChI=1S/C29H31N3O4/c33-26-20-13-29(14-20,28(35)30-26)32-17-19-12-22(10-11-23(19)27(32)34)36-25-9-5-4-8-24(25)31-15-21(16-31)18-6-2-1-3-7-18/h1-3,6-7,10-12,20-21,24-25H,4-5,8-9,13-17H2,(H,30,33,35)/t20?,24-,25+,29?/m0/s1. The van der Waals surface area contributed by atoms with Crippen LogP contribution >= 0.6 is 0 Å². The van der Waals surface area contributed by atoms with E-state index in [4.69, 9.17) is 4.74 Å². The van der Waals surface area contributed by atoms with E-state index in [9.17, 15) is 14.4 Å². The van der Waals surface area contributed by atoms with E-state index >= 15 is 0 Å². The lowest BCUT2D eigenvalue weighted by Crippen LogP contribution is -2.73. The predicted octanol–water partition coefficient (Wildman–Crippen LogP) is 3.24. The minimum Gasteiger partial charge on any atom is -0.489 e. The molecule has 3 saturated heterocycles. The Hall–Kier alpha value is -3.19. The van der Waals surface area contributed by atoms with Gasteiger partial charge in [0.15, 0.2) is 0 Å². The van der Waals surface area contributed by atoms with Crippen molar-refractivity contribution in [2.75, 3.05) is 13.1 Å². The molecule has 2 saturated carbocycles. The van der Waals surface area contributed by atoms with Crippen molar-refractivity contribution in [1.29, 1.82) is 0 Å². The summed E-state index contributed by atoms with van der Waals surface area (Å²) in [5, 5.41) is 2.45. The third-order valence-electron chi connectivity index (χ3n) is 9.20. The number of carbonyl (C=O) groups is 3. The molecule has 0 radical (unpaired) electrons. The molecule has 186 valence electrons. The molecule has 8 rings (SSSR count). The molecule has 2 bridgehead atoms. The lowest BCUT2D eigenvalue weighted by Gasteiger charge is -2.53. The van der Waals surface area contributed by atoms with Crippen molar-refractivity contribution < 1.29 is 19.1 Å². The van der Waals surface area contributed by atoms with Crippen LogP contribution in [0.3, 0.4) is 0 Å². The molecule has 7 nitrogen and oxygen atoms in total. The molecule has 0 unspecified atom stereocenters. The first kappa shape index (κ1) is 22.0. The van der Waals surface area contributed by atoms with Crippen molar-refractivity contribution >= 4 is 17.7 Å².